The summed E-state index contributed by atoms with van der Waals surface area (Å²) in [5.74, 6) is 3.62. The standard InChI is InChI=1S/C13H22N2O2/c1-17-6-9(5-14)15-13(16)12-10-7-2-3-8(4-7)11(10)12/h7-12H,2-6,14H2,1H3,(H,15,16). The summed E-state index contributed by atoms with van der Waals surface area (Å²) >= 11 is 0. The first-order valence-electron chi connectivity index (χ1n) is 6.75. The van der Waals surface area contributed by atoms with E-state index in [1.165, 1.54) is 19.3 Å². The highest BCUT2D eigenvalue weighted by Gasteiger charge is 2.67. The smallest absolute Gasteiger partial charge is 0.224 e. The van der Waals surface area contributed by atoms with Crippen LogP contribution in [0.15, 0.2) is 0 Å². The monoisotopic (exact) mass is 238 g/mol. The molecule has 0 aromatic carbocycles. The fourth-order valence-corrected chi connectivity index (χ4v) is 4.34. The Kier molecular flexibility index (Phi) is 2.87. The molecule has 3 aliphatic rings. The number of fused-ring (bicyclic) bond motifs is 5. The van der Waals surface area contributed by atoms with Crippen molar-refractivity contribution in [2.75, 3.05) is 20.3 Å². The molecule has 3 rings (SSSR count). The van der Waals surface area contributed by atoms with Crippen molar-refractivity contribution in [2.24, 2.45) is 35.3 Å². The largest absolute Gasteiger partial charge is 0.383 e. The first kappa shape index (κ1) is 11.5. The topological polar surface area (TPSA) is 64.3 Å². The van der Waals surface area contributed by atoms with E-state index in [4.69, 9.17) is 10.5 Å². The summed E-state index contributed by atoms with van der Waals surface area (Å²) in [6.07, 6.45) is 4.10. The maximum atomic E-state index is 12.2. The zero-order valence-corrected chi connectivity index (χ0v) is 10.4. The summed E-state index contributed by atoms with van der Waals surface area (Å²) in [5.41, 5.74) is 5.62. The molecule has 3 N–H and O–H groups in total. The molecule has 96 valence electrons. The van der Waals surface area contributed by atoms with Gasteiger partial charge in [0.05, 0.1) is 12.6 Å². The van der Waals surface area contributed by atoms with Crippen LogP contribution in [0.3, 0.4) is 0 Å². The minimum Gasteiger partial charge on any atom is -0.383 e. The average molecular weight is 238 g/mol. The van der Waals surface area contributed by atoms with Gasteiger partial charge in [0.25, 0.3) is 0 Å². The Hall–Kier alpha value is -0.610. The van der Waals surface area contributed by atoms with Crippen molar-refractivity contribution >= 4 is 5.91 Å². The molecule has 0 radical (unpaired) electrons. The van der Waals surface area contributed by atoms with Gasteiger partial charge in [0.1, 0.15) is 0 Å². The number of methoxy groups -OCH3 is 1. The van der Waals surface area contributed by atoms with Gasteiger partial charge in [-0.25, -0.2) is 0 Å². The van der Waals surface area contributed by atoms with E-state index in [9.17, 15) is 4.79 Å². The van der Waals surface area contributed by atoms with Crippen molar-refractivity contribution in [3.63, 3.8) is 0 Å². The molecule has 4 nitrogen and oxygen atoms in total. The summed E-state index contributed by atoms with van der Waals surface area (Å²) in [6.45, 7) is 0.964. The summed E-state index contributed by atoms with van der Waals surface area (Å²) in [6, 6.07) is -0.0218. The second-order valence-corrected chi connectivity index (χ2v) is 5.91. The van der Waals surface area contributed by atoms with Crippen molar-refractivity contribution in [2.45, 2.75) is 25.3 Å². The predicted octanol–water partition coefficient (Wildman–Crippen LogP) is 0.368. The minimum atomic E-state index is -0.0218. The van der Waals surface area contributed by atoms with Gasteiger partial charge in [-0.2, -0.15) is 0 Å². The number of nitrogens with two attached hydrogens (primary N) is 1. The molecule has 3 saturated carbocycles. The number of carbonyl (C=O) groups excluding carboxylic acids is 1. The van der Waals surface area contributed by atoms with Crippen molar-refractivity contribution in [1.82, 2.24) is 5.32 Å². The van der Waals surface area contributed by atoms with E-state index >= 15 is 0 Å². The van der Waals surface area contributed by atoms with Gasteiger partial charge in [-0.3, -0.25) is 4.79 Å². The molecule has 0 aromatic rings. The van der Waals surface area contributed by atoms with E-state index < -0.39 is 0 Å². The maximum Gasteiger partial charge on any atom is 0.224 e. The number of amides is 1. The Morgan fingerprint density at radius 1 is 1.41 bits per heavy atom. The molecule has 0 spiro atoms. The molecule has 0 aromatic heterocycles. The molecule has 1 amide bonds. The van der Waals surface area contributed by atoms with Crippen LogP contribution in [0.25, 0.3) is 0 Å². The van der Waals surface area contributed by atoms with Crippen LogP contribution in [0, 0.1) is 29.6 Å². The number of hydrogen-bond acceptors (Lipinski definition) is 3. The lowest BCUT2D eigenvalue weighted by atomic mass is 10.0. The van der Waals surface area contributed by atoms with E-state index in [2.05, 4.69) is 5.32 Å². The Bertz CT molecular complexity index is 305. The quantitative estimate of drug-likeness (QED) is 0.727. The van der Waals surface area contributed by atoms with Gasteiger partial charge in [0, 0.05) is 19.6 Å². The SMILES string of the molecule is COCC(CN)NC(=O)C1C2C3CCC(C3)C12. The molecular formula is C13H22N2O2. The predicted molar refractivity (Wildman–Crippen MR) is 64.2 cm³/mol. The molecule has 5 unspecified atom stereocenters. The van der Waals surface area contributed by atoms with E-state index in [0.717, 1.165) is 11.8 Å². The lowest BCUT2D eigenvalue weighted by Crippen LogP contribution is -2.44. The number of carbonyl (C=O) groups is 1. The summed E-state index contributed by atoms with van der Waals surface area (Å²) in [7, 11) is 1.64. The molecule has 4 heteroatoms. The lowest BCUT2D eigenvalue weighted by molar-refractivity contribution is -0.124. The fourth-order valence-electron chi connectivity index (χ4n) is 4.34. The second kappa shape index (κ2) is 4.25. The van der Waals surface area contributed by atoms with Crippen LogP contribution in [-0.4, -0.2) is 32.2 Å². The Morgan fingerprint density at radius 2 is 2.06 bits per heavy atom. The molecule has 3 aliphatic carbocycles. The number of rotatable bonds is 5. The highest BCUT2D eigenvalue weighted by molar-refractivity contribution is 5.83. The number of hydrogen-bond donors (Lipinski definition) is 2. The third-order valence-corrected chi connectivity index (χ3v) is 5.04. The minimum absolute atomic E-state index is 0.0218. The number of ether oxygens (including phenoxy) is 1. The summed E-state index contributed by atoms with van der Waals surface area (Å²) < 4.78 is 5.05. The Balaban J connectivity index is 1.55. The lowest BCUT2D eigenvalue weighted by Gasteiger charge is -2.17. The van der Waals surface area contributed by atoms with Gasteiger partial charge in [-0.15, -0.1) is 0 Å². The zero-order chi connectivity index (χ0) is 12.0. The van der Waals surface area contributed by atoms with Crippen molar-refractivity contribution in [1.29, 1.82) is 0 Å². The Labute approximate surface area is 102 Å². The van der Waals surface area contributed by atoms with Crippen molar-refractivity contribution in [3.8, 4) is 0 Å². The second-order valence-electron chi connectivity index (χ2n) is 5.91. The normalized spacial score (nSPS) is 43.3. The first-order valence-corrected chi connectivity index (χ1v) is 6.75. The van der Waals surface area contributed by atoms with Gasteiger partial charge < -0.3 is 15.8 Å². The molecule has 5 atom stereocenters. The van der Waals surface area contributed by atoms with Crippen LogP contribution in [0.2, 0.25) is 0 Å². The zero-order valence-electron chi connectivity index (χ0n) is 10.4. The summed E-state index contributed by atoms with van der Waals surface area (Å²) in [5, 5.41) is 3.04. The van der Waals surface area contributed by atoms with Crippen molar-refractivity contribution < 1.29 is 9.53 Å². The van der Waals surface area contributed by atoms with Crippen LogP contribution in [-0.2, 0) is 9.53 Å². The highest BCUT2D eigenvalue weighted by atomic mass is 16.5. The number of nitrogens with one attached hydrogen (secondary N) is 1. The Morgan fingerprint density at radius 3 is 2.59 bits per heavy atom. The first-order chi connectivity index (χ1) is 8.26. The maximum absolute atomic E-state index is 12.2. The average Bonchev–Trinajstić information content (AvgIpc) is 2.78. The fraction of sp³-hybridized carbons (Fsp3) is 0.923. The highest BCUT2D eigenvalue weighted by Crippen LogP contribution is 2.69. The molecule has 0 heterocycles. The molecule has 0 saturated heterocycles. The molecule has 0 aliphatic heterocycles. The van der Waals surface area contributed by atoms with E-state index in [-0.39, 0.29) is 11.9 Å². The van der Waals surface area contributed by atoms with Gasteiger partial charge in [0.2, 0.25) is 5.91 Å². The van der Waals surface area contributed by atoms with Gasteiger partial charge in [-0.05, 0) is 42.9 Å². The van der Waals surface area contributed by atoms with E-state index in [1.807, 2.05) is 0 Å². The molecule has 3 fully saturated rings. The van der Waals surface area contributed by atoms with Gasteiger partial charge in [0.15, 0.2) is 0 Å². The third-order valence-electron chi connectivity index (χ3n) is 5.04. The van der Waals surface area contributed by atoms with Crippen LogP contribution in [0.4, 0.5) is 0 Å². The van der Waals surface area contributed by atoms with Gasteiger partial charge in [-0.1, -0.05) is 0 Å². The van der Waals surface area contributed by atoms with Crippen LogP contribution >= 0.6 is 0 Å². The van der Waals surface area contributed by atoms with Gasteiger partial charge >= 0.3 is 0 Å². The van der Waals surface area contributed by atoms with Crippen LogP contribution < -0.4 is 11.1 Å². The third kappa shape index (κ3) is 1.78. The molecule has 2 bridgehead atoms. The molecular weight excluding hydrogens is 216 g/mol. The summed E-state index contributed by atoms with van der Waals surface area (Å²) in [4.78, 5) is 12.2. The van der Waals surface area contributed by atoms with E-state index in [1.54, 1.807) is 7.11 Å². The van der Waals surface area contributed by atoms with E-state index in [0.29, 0.717) is 30.9 Å². The molecule has 17 heavy (non-hydrogen) atoms. The van der Waals surface area contributed by atoms with Crippen LogP contribution in [0.5, 0.6) is 0 Å². The van der Waals surface area contributed by atoms with Crippen molar-refractivity contribution in [3.05, 3.63) is 0 Å². The van der Waals surface area contributed by atoms with Crippen LogP contribution in [0.1, 0.15) is 19.3 Å².